The third-order valence-electron chi connectivity index (χ3n) is 5.77. The van der Waals surface area contributed by atoms with Gasteiger partial charge in [-0.1, -0.05) is 0 Å². The van der Waals surface area contributed by atoms with Crippen molar-refractivity contribution in [1.29, 1.82) is 0 Å². The van der Waals surface area contributed by atoms with E-state index in [4.69, 9.17) is 0 Å². The van der Waals surface area contributed by atoms with Crippen molar-refractivity contribution in [2.75, 3.05) is 26.2 Å². The number of piperazine rings is 1. The van der Waals surface area contributed by atoms with Crippen LogP contribution in [0.4, 0.5) is 13.2 Å². The van der Waals surface area contributed by atoms with E-state index in [1.807, 2.05) is 6.92 Å². The van der Waals surface area contributed by atoms with Gasteiger partial charge in [0.25, 0.3) is 0 Å². The number of hydrogen-bond acceptors (Lipinski definition) is 5. The molecular formula is C18H26F3N3O3S. The minimum Gasteiger partial charge on any atom is -0.390 e. The van der Waals surface area contributed by atoms with Crippen LogP contribution in [0.3, 0.4) is 0 Å². The highest BCUT2D eigenvalue weighted by Gasteiger charge is 2.37. The smallest absolute Gasteiger partial charge is 0.390 e. The zero-order valence-corrected chi connectivity index (χ0v) is 16.9. The van der Waals surface area contributed by atoms with Gasteiger partial charge in [-0.05, 0) is 51.7 Å². The lowest BCUT2D eigenvalue weighted by atomic mass is 9.83. The number of sulfonamides is 1. The minimum absolute atomic E-state index is 0.147. The average Bonchev–Trinajstić information content (AvgIpc) is 2.61. The van der Waals surface area contributed by atoms with Crippen LogP contribution in [-0.4, -0.2) is 65.5 Å². The van der Waals surface area contributed by atoms with E-state index in [1.54, 1.807) is 0 Å². The molecule has 0 unspecified atom stereocenters. The Morgan fingerprint density at radius 1 is 1.14 bits per heavy atom. The van der Waals surface area contributed by atoms with Crippen LogP contribution in [0.5, 0.6) is 0 Å². The molecule has 2 fully saturated rings. The minimum atomic E-state index is -4.61. The summed E-state index contributed by atoms with van der Waals surface area (Å²) in [6.07, 6.45) is -1.40. The summed E-state index contributed by atoms with van der Waals surface area (Å²) in [4.78, 5) is 5.51. The molecule has 0 radical (unpaired) electrons. The normalized spacial score (nSPS) is 28.4. The van der Waals surface area contributed by atoms with Crippen molar-refractivity contribution in [3.8, 4) is 0 Å². The predicted molar refractivity (Wildman–Crippen MR) is 97.2 cm³/mol. The summed E-state index contributed by atoms with van der Waals surface area (Å²) in [6, 6.07) is 2.04. The maximum Gasteiger partial charge on any atom is 0.433 e. The first kappa shape index (κ1) is 21.5. The van der Waals surface area contributed by atoms with Gasteiger partial charge < -0.3 is 5.11 Å². The summed E-state index contributed by atoms with van der Waals surface area (Å²) in [5, 5.41) is 10.1. The van der Waals surface area contributed by atoms with E-state index in [0.717, 1.165) is 31.7 Å². The van der Waals surface area contributed by atoms with Crippen LogP contribution < -0.4 is 0 Å². The summed E-state index contributed by atoms with van der Waals surface area (Å²) in [6.45, 7) is 4.84. The van der Waals surface area contributed by atoms with Gasteiger partial charge in [-0.3, -0.25) is 4.90 Å². The number of alkyl halides is 3. The summed E-state index contributed by atoms with van der Waals surface area (Å²) in [7, 11) is -3.89. The second-order valence-electron chi connectivity index (χ2n) is 7.95. The first-order chi connectivity index (χ1) is 12.9. The molecule has 0 aromatic carbocycles. The maximum absolute atomic E-state index is 12.9. The summed E-state index contributed by atoms with van der Waals surface area (Å²) < 4.78 is 65.4. The zero-order chi connectivity index (χ0) is 20.7. The molecule has 1 saturated heterocycles. The Hall–Kier alpha value is -1.23. The lowest BCUT2D eigenvalue weighted by Gasteiger charge is -2.43. The molecule has 0 amide bonds. The summed E-state index contributed by atoms with van der Waals surface area (Å²) >= 11 is 0. The number of aromatic nitrogens is 1. The van der Waals surface area contributed by atoms with Gasteiger partial charge in [0, 0.05) is 32.2 Å². The second-order valence-corrected chi connectivity index (χ2v) is 9.85. The monoisotopic (exact) mass is 421 g/mol. The van der Waals surface area contributed by atoms with Crippen molar-refractivity contribution in [3.05, 3.63) is 23.5 Å². The topological polar surface area (TPSA) is 73.7 Å². The van der Waals surface area contributed by atoms with Gasteiger partial charge in [0.1, 0.15) is 10.6 Å². The fourth-order valence-corrected chi connectivity index (χ4v) is 5.60. The third kappa shape index (κ3) is 4.50. The van der Waals surface area contributed by atoms with Crippen LogP contribution in [0, 0.1) is 6.92 Å². The maximum atomic E-state index is 12.9. The van der Waals surface area contributed by atoms with Gasteiger partial charge in [0.2, 0.25) is 10.0 Å². The molecule has 10 heteroatoms. The van der Waals surface area contributed by atoms with E-state index in [9.17, 15) is 26.7 Å². The van der Waals surface area contributed by atoms with E-state index in [-0.39, 0.29) is 23.7 Å². The molecule has 1 aromatic rings. The van der Waals surface area contributed by atoms with Crippen molar-refractivity contribution < 1.29 is 26.7 Å². The SMILES string of the molecule is Cc1nc(C(F)(F)F)ccc1S(=O)(=O)N1CCN(C2CCC(C)(O)CC2)CC1. The summed E-state index contributed by atoms with van der Waals surface area (Å²) in [5.74, 6) is 0. The highest BCUT2D eigenvalue weighted by molar-refractivity contribution is 7.89. The number of rotatable bonds is 3. The van der Waals surface area contributed by atoms with Crippen molar-refractivity contribution in [1.82, 2.24) is 14.2 Å². The van der Waals surface area contributed by atoms with Crippen LogP contribution in [0.2, 0.25) is 0 Å². The fraction of sp³-hybridized carbons (Fsp3) is 0.722. The van der Waals surface area contributed by atoms with Gasteiger partial charge in [-0.25, -0.2) is 13.4 Å². The Labute approximate surface area is 163 Å². The van der Waals surface area contributed by atoms with Crippen molar-refractivity contribution in [3.63, 3.8) is 0 Å². The Bertz CT molecular complexity index is 809. The number of hydrogen-bond donors (Lipinski definition) is 1. The fourth-order valence-electron chi connectivity index (χ4n) is 4.02. The van der Waals surface area contributed by atoms with E-state index < -0.39 is 27.5 Å². The van der Waals surface area contributed by atoms with E-state index in [2.05, 4.69) is 9.88 Å². The third-order valence-corrected chi connectivity index (χ3v) is 7.80. The van der Waals surface area contributed by atoms with Crippen molar-refractivity contribution in [2.24, 2.45) is 0 Å². The van der Waals surface area contributed by atoms with E-state index >= 15 is 0 Å². The molecule has 3 rings (SSSR count). The number of aliphatic hydroxyl groups is 1. The predicted octanol–water partition coefficient (Wildman–Crippen LogP) is 2.41. The van der Waals surface area contributed by atoms with Gasteiger partial charge in [0.05, 0.1) is 11.3 Å². The number of pyridine rings is 1. The van der Waals surface area contributed by atoms with Gasteiger partial charge in [0.15, 0.2) is 0 Å². The standard InChI is InChI=1S/C18H26F3N3O3S/c1-13-15(3-4-16(22-13)18(19,20)21)28(26,27)24-11-9-23(10-12-24)14-5-7-17(2,25)8-6-14/h3-4,14,25H,5-12H2,1-2H3. The zero-order valence-electron chi connectivity index (χ0n) is 16.0. The second kappa shape index (κ2) is 7.55. The molecule has 0 bridgehead atoms. The number of aryl methyl sites for hydroxylation is 1. The van der Waals surface area contributed by atoms with Crippen LogP contribution in [0.1, 0.15) is 44.0 Å². The van der Waals surface area contributed by atoms with Crippen LogP contribution in [-0.2, 0) is 16.2 Å². The Morgan fingerprint density at radius 3 is 2.21 bits per heavy atom. The Balaban J connectivity index is 1.67. The molecule has 2 heterocycles. The van der Waals surface area contributed by atoms with Crippen LogP contribution in [0.15, 0.2) is 17.0 Å². The molecule has 28 heavy (non-hydrogen) atoms. The molecule has 2 aliphatic rings. The largest absolute Gasteiger partial charge is 0.433 e. The Kier molecular flexibility index (Phi) is 5.79. The molecule has 158 valence electrons. The number of nitrogens with zero attached hydrogens (tertiary/aromatic N) is 3. The lowest BCUT2D eigenvalue weighted by molar-refractivity contribution is -0.141. The molecule has 1 aromatic heterocycles. The van der Waals surface area contributed by atoms with Gasteiger partial charge >= 0.3 is 6.18 Å². The lowest BCUT2D eigenvalue weighted by Crippen LogP contribution is -2.53. The van der Waals surface area contributed by atoms with Gasteiger partial charge in [-0.2, -0.15) is 17.5 Å². The highest BCUT2D eigenvalue weighted by Crippen LogP contribution is 2.32. The first-order valence-electron chi connectivity index (χ1n) is 9.42. The first-order valence-corrected chi connectivity index (χ1v) is 10.9. The molecule has 6 nitrogen and oxygen atoms in total. The summed E-state index contributed by atoms with van der Waals surface area (Å²) in [5.41, 5.74) is -1.86. The number of halogens is 3. The molecule has 1 aliphatic carbocycles. The van der Waals surface area contributed by atoms with Crippen LogP contribution >= 0.6 is 0 Å². The molecule has 0 atom stereocenters. The molecule has 1 saturated carbocycles. The van der Waals surface area contributed by atoms with Crippen LogP contribution in [0.25, 0.3) is 0 Å². The van der Waals surface area contributed by atoms with Crippen molar-refractivity contribution >= 4 is 10.0 Å². The molecular weight excluding hydrogens is 395 g/mol. The van der Waals surface area contributed by atoms with E-state index in [0.29, 0.717) is 25.2 Å². The molecule has 1 N–H and O–H groups in total. The van der Waals surface area contributed by atoms with E-state index in [1.165, 1.54) is 11.2 Å². The average molecular weight is 421 g/mol. The van der Waals surface area contributed by atoms with Crippen molar-refractivity contribution in [2.45, 2.75) is 62.2 Å². The molecule has 1 aliphatic heterocycles. The van der Waals surface area contributed by atoms with Gasteiger partial charge in [-0.15, -0.1) is 0 Å². The molecule has 0 spiro atoms. The highest BCUT2D eigenvalue weighted by atomic mass is 32.2. The quantitative estimate of drug-likeness (QED) is 0.812. The Morgan fingerprint density at radius 2 is 1.71 bits per heavy atom.